The molecule has 0 aliphatic heterocycles. The topological polar surface area (TPSA) is 55.1 Å². The number of aryl methyl sites for hydroxylation is 1. The van der Waals surface area contributed by atoms with E-state index in [0.717, 1.165) is 36.2 Å². The fourth-order valence-corrected chi connectivity index (χ4v) is 2.11. The molecule has 0 atom stereocenters. The average molecular weight is 262 g/mol. The Labute approximate surface area is 116 Å². The lowest BCUT2D eigenvalue weighted by molar-refractivity contribution is -0.116. The van der Waals surface area contributed by atoms with Gasteiger partial charge in [-0.2, -0.15) is 0 Å². The zero-order valence-electron chi connectivity index (χ0n) is 12.2. The van der Waals surface area contributed by atoms with E-state index in [1.54, 1.807) is 0 Å². The van der Waals surface area contributed by atoms with E-state index in [-0.39, 0.29) is 5.91 Å². The van der Waals surface area contributed by atoms with Gasteiger partial charge in [-0.1, -0.05) is 45.6 Å². The van der Waals surface area contributed by atoms with Crippen molar-refractivity contribution in [2.24, 2.45) is 0 Å². The summed E-state index contributed by atoms with van der Waals surface area (Å²) in [6.07, 6.45) is 7.33. The smallest absolute Gasteiger partial charge is 0.224 e. The summed E-state index contributed by atoms with van der Waals surface area (Å²) >= 11 is 0. The van der Waals surface area contributed by atoms with E-state index in [1.165, 1.54) is 19.3 Å². The number of hydrogen-bond donors (Lipinski definition) is 2. The number of hydrogen-bond acceptors (Lipinski definition) is 2. The van der Waals surface area contributed by atoms with Gasteiger partial charge < -0.3 is 11.1 Å². The van der Waals surface area contributed by atoms with Gasteiger partial charge in [-0.3, -0.25) is 4.79 Å². The number of unbranched alkanes of at least 4 members (excludes halogenated alkanes) is 4. The Morgan fingerprint density at radius 2 is 1.89 bits per heavy atom. The maximum Gasteiger partial charge on any atom is 0.224 e. The number of nitrogen functional groups attached to an aromatic ring is 1. The van der Waals surface area contributed by atoms with Gasteiger partial charge in [0, 0.05) is 17.8 Å². The molecule has 1 aromatic rings. The highest BCUT2D eigenvalue weighted by molar-refractivity contribution is 5.91. The predicted octanol–water partition coefficient (Wildman–Crippen LogP) is 4.13. The molecule has 0 spiro atoms. The second-order valence-electron chi connectivity index (χ2n) is 4.98. The van der Waals surface area contributed by atoms with Gasteiger partial charge in [0.05, 0.1) is 0 Å². The highest BCUT2D eigenvalue weighted by atomic mass is 16.1. The van der Waals surface area contributed by atoms with Crippen molar-refractivity contribution in [1.82, 2.24) is 0 Å². The Hall–Kier alpha value is -1.51. The molecule has 0 unspecified atom stereocenters. The van der Waals surface area contributed by atoms with Crippen LogP contribution in [0.5, 0.6) is 0 Å². The van der Waals surface area contributed by atoms with Crippen LogP contribution in [0.1, 0.15) is 57.9 Å². The number of anilines is 2. The first-order chi connectivity index (χ1) is 9.17. The molecule has 3 heteroatoms. The molecule has 106 valence electrons. The third kappa shape index (κ3) is 5.77. The number of nitrogens with two attached hydrogens (primary N) is 1. The van der Waals surface area contributed by atoms with Gasteiger partial charge in [0.1, 0.15) is 0 Å². The molecule has 0 aromatic heterocycles. The van der Waals surface area contributed by atoms with E-state index >= 15 is 0 Å². The second kappa shape index (κ2) is 8.57. The lowest BCUT2D eigenvalue weighted by Crippen LogP contribution is -2.11. The monoisotopic (exact) mass is 262 g/mol. The largest absolute Gasteiger partial charge is 0.398 e. The van der Waals surface area contributed by atoms with E-state index in [9.17, 15) is 4.79 Å². The van der Waals surface area contributed by atoms with Crippen molar-refractivity contribution in [3.8, 4) is 0 Å². The summed E-state index contributed by atoms with van der Waals surface area (Å²) in [5, 5.41) is 2.91. The van der Waals surface area contributed by atoms with Crippen molar-refractivity contribution in [2.45, 2.75) is 58.8 Å². The summed E-state index contributed by atoms with van der Waals surface area (Å²) < 4.78 is 0. The van der Waals surface area contributed by atoms with E-state index in [0.29, 0.717) is 6.42 Å². The van der Waals surface area contributed by atoms with Crippen LogP contribution in [0.15, 0.2) is 18.2 Å². The normalized spacial score (nSPS) is 10.4. The van der Waals surface area contributed by atoms with Gasteiger partial charge in [-0.15, -0.1) is 0 Å². The minimum Gasteiger partial charge on any atom is -0.398 e. The first kappa shape index (κ1) is 15.5. The van der Waals surface area contributed by atoms with E-state index < -0.39 is 0 Å². The van der Waals surface area contributed by atoms with Gasteiger partial charge in [-0.05, 0) is 30.5 Å². The minimum absolute atomic E-state index is 0.0835. The lowest BCUT2D eigenvalue weighted by atomic mass is 10.1. The van der Waals surface area contributed by atoms with Gasteiger partial charge in [0.15, 0.2) is 0 Å². The summed E-state index contributed by atoms with van der Waals surface area (Å²) in [6.45, 7) is 4.26. The number of nitrogens with one attached hydrogen (secondary N) is 1. The molecule has 0 aliphatic rings. The second-order valence-corrected chi connectivity index (χ2v) is 4.98. The molecule has 19 heavy (non-hydrogen) atoms. The summed E-state index contributed by atoms with van der Waals surface area (Å²) in [7, 11) is 0. The van der Waals surface area contributed by atoms with Crippen molar-refractivity contribution < 1.29 is 4.79 Å². The molecule has 0 aliphatic carbocycles. The van der Waals surface area contributed by atoms with Crippen LogP contribution >= 0.6 is 0 Å². The van der Waals surface area contributed by atoms with Crippen molar-refractivity contribution in [2.75, 3.05) is 11.1 Å². The van der Waals surface area contributed by atoms with E-state index in [4.69, 9.17) is 5.73 Å². The molecule has 0 fully saturated rings. The minimum atomic E-state index is 0.0835. The van der Waals surface area contributed by atoms with Crippen LogP contribution in [-0.4, -0.2) is 5.91 Å². The van der Waals surface area contributed by atoms with Crippen molar-refractivity contribution in [3.63, 3.8) is 0 Å². The third-order valence-corrected chi connectivity index (χ3v) is 3.32. The number of rotatable bonds is 8. The summed E-state index contributed by atoms with van der Waals surface area (Å²) in [5.74, 6) is 0.0835. The zero-order valence-corrected chi connectivity index (χ0v) is 12.2. The fourth-order valence-electron chi connectivity index (χ4n) is 2.11. The Bertz CT molecular complexity index is 402. The van der Waals surface area contributed by atoms with Crippen molar-refractivity contribution in [3.05, 3.63) is 23.8 Å². The van der Waals surface area contributed by atoms with Gasteiger partial charge in [0.2, 0.25) is 5.91 Å². The maximum atomic E-state index is 11.8. The summed E-state index contributed by atoms with van der Waals surface area (Å²) in [6, 6.07) is 5.74. The number of carbonyl (C=O) groups excluding carboxylic acids is 1. The number of benzene rings is 1. The molecular weight excluding hydrogens is 236 g/mol. The third-order valence-electron chi connectivity index (χ3n) is 3.32. The zero-order chi connectivity index (χ0) is 14.1. The molecular formula is C16H26N2O. The van der Waals surface area contributed by atoms with Gasteiger partial charge in [0.25, 0.3) is 0 Å². The number of carbonyl (C=O) groups is 1. The van der Waals surface area contributed by atoms with Gasteiger partial charge in [-0.25, -0.2) is 0 Å². The molecule has 3 nitrogen and oxygen atoms in total. The highest BCUT2D eigenvalue weighted by Crippen LogP contribution is 2.18. The van der Waals surface area contributed by atoms with Crippen LogP contribution in [0.4, 0.5) is 11.4 Å². The van der Waals surface area contributed by atoms with Crippen LogP contribution in [0, 0.1) is 0 Å². The maximum absolute atomic E-state index is 11.8. The van der Waals surface area contributed by atoms with Crippen LogP contribution < -0.4 is 11.1 Å². The van der Waals surface area contributed by atoms with Crippen LogP contribution in [0.3, 0.4) is 0 Å². The SMILES string of the molecule is CCCCCCCC(=O)Nc1ccc(CC)c(N)c1. The van der Waals surface area contributed by atoms with Crippen LogP contribution in [-0.2, 0) is 11.2 Å². The van der Waals surface area contributed by atoms with E-state index in [1.807, 2.05) is 18.2 Å². The Kier molecular flexibility index (Phi) is 7.01. The van der Waals surface area contributed by atoms with Crippen LogP contribution in [0.25, 0.3) is 0 Å². The molecule has 0 bridgehead atoms. The van der Waals surface area contributed by atoms with E-state index in [2.05, 4.69) is 19.2 Å². The quantitative estimate of drug-likeness (QED) is 0.546. The standard InChI is InChI=1S/C16H26N2O/c1-3-5-6-7-8-9-16(19)18-14-11-10-13(4-2)15(17)12-14/h10-12H,3-9,17H2,1-2H3,(H,18,19). The van der Waals surface area contributed by atoms with Crippen molar-refractivity contribution in [1.29, 1.82) is 0 Å². The summed E-state index contributed by atoms with van der Waals surface area (Å²) in [4.78, 5) is 11.8. The fraction of sp³-hybridized carbons (Fsp3) is 0.562. The molecule has 0 heterocycles. The predicted molar refractivity (Wildman–Crippen MR) is 82.2 cm³/mol. The van der Waals surface area contributed by atoms with Crippen LogP contribution in [0.2, 0.25) is 0 Å². The van der Waals surface area contributed by atoms with Gasteiger partial charge >= 0.3 is 0 Å². The molecule has 0 saturated heterocycles. The van der Waals surface area contributed by atoms with Crippen molar-refractivity contribution >= 4 is 17.3 Å². The highest BCUT2D eigenvalue weighted by Gasteiger charge is 2.04. The molecule has 1 amide bonds. The number of amides is 1. The molecule has 3 N–H and O–H groups in total. The first-order valence-electron chi connectivity index (χ1n) is 7.35. The molecule has 1 rings (SSSR count). The molecule has 0 saturated carbocycles. The lowest BCUT2D eigenvalue weighted by Gasteiger charge is -2.08. The first-order valence-corrected chi connectivity index (χ1v) is 7.35. The summed E-state index contributed by atoms with van der Waals surface area (Å²) in [5.41, 5.74) is 8.59. The molecule has 1 aromatic carbocycles. The average Bonchev–Trinajstić information content (AvgIpc) is 2.39. The Morgan fingerprint density at radius 1 is 1.16 bits per heavy atom. The Morgan fingerprint density at radius 3 is 2.53 bits per heavy atom. The Balaban J connectivity index is 2.34. The molecule has 0 radical (unpaired) electrons.